The number of carboxylic acid groups (broad SMARTS) is 1. The van der Waals surface area contributed by atoms with Gasteiger partial charge in [0.1, 0.15) is 24.2 Å². The lowest BCUT2D eigenvalue weighted by atomic mass is 10.1. The quantitative estimate of drug-likeness (QED) is 0.879. The Hall–Kier alpha value is -2.40. The molecular weight excluding hydrogens is 261 g/mol. The number of carbonyl (C=O) groups is 1. The molecule has 4 nitrogen and oxygen atoms in total. The molecule has 0 spiro atoms. The number of hydrogen-bond acceptors (Lipinski definition) is 3. The van der Waals surface area contributed by atoms with Crippen LogP contribution in [0.3, 0.4) is 0 Å². The Bertz CT molecular complexity index is 616. The predicted molar refractivity (Wildman–Crippen MR) is 71.7 cm³/mol. The SMILES string of the molecule is N[C@H](C(=O)O)c1ccccc1OCc1cccc(F)c1. The minimum Gasteiger partial charge on any atom is -0.489 e. The fourth-order valence-electron chi connectivity index (χ4n) is 1.79. The Morgan fingerprint density at radius 3 is 2.70 bits per heavy atom. The van der Waals surface area contributed by atoms with E-state index in [9.17, 15) is 9.18 Å². The zero-order valence-electron chi connectivity index (χ0n) is 10.6. The molecule has 1 atom stereocenters. The first-order valence-corrected chi connectivity index (χ1v) is 6.02. The van der Waals surface area contributed by atoms with Crippen LogP contribution in [0.4, 0.5) is 4.39 Å². The Morgan fingerprint density at radius 2 is 2.00 bits per heavy atom. The molecule has 2 rings (SSSR count). The van der Waals surface area contributed by atoms with Crippen LogP contribution in [0.15, 0.2) is 48.5 Å². The van der Waals surface area contributed by atoms with E-state index in [0.29, 0.717) is 16.9 Å². The van der Waals surface area contributed by atoms with E-state index in [2.05, 4.69) is 0 Å². The third-order valence-electron chi connectivity index (χ3n) is 2.80. The smallest absolute Gasteiger partial charge is 0.325 e. The minimum absolute atomic E-state index is 0.140. The summed E-state index contributed by atoms with van der Waals surface area (Å²) >= 11 is 0. The van der Waals surface area contributed by atoms with Crippen molar-refractivity contribution in [3.05, 3.63) is 65.5 Å². The van der Waals surface area contributed by atoms with Crippen molar-refractivity contribution in [3.63, 3.8) is 0 Å². The summed E-state index contributed by atoms with van der Waals surface area (Å²) in [5.41, 5.74) is 6.63. The van der Waals surface area contributed by atoms with Crippen LogP contribution < -0.4 is 10.5 Å². The number of carboxylic acids is 1. The fraction of sp³-hybridized carbons (Fsp3) is 0.133. The van der Waals surface area contributed by atoms with Crippen LogP contribution in [0.1, 0.15) is 17.2 Å². The fourth-order valence-corrected chi connectivity index (χ4v) is 1.79. The summed E-state index contributed by atoms with van der Waals surface area (Å²) in [6, 6.07) is 11.5. The topological polar surface area (TPSA) is 72.6 Å². The van der Waals surface area contributed by atoms with Gasteiger partial charge in [0, 0.05) is 5.56 Å². The van der Waals surface area contributed by atoms with Gasteiger partial charge in [0.15, 0.2) is 0 Å². The standard InChI is InChI=1S/C15H14FNO3/c16-11-5-3-4-10(8-11)9-20-13-7-2-1-6-12(13)14(17)15(18)19/h1-8,14H,9,17H2,(H,18,19)/t14-/m0/s1. The van der Waals surface area contributed by atoms with Crippen LogP contribution in [0.2, 0.25) is 0 Å². The summed E-state index contributed by atoms with van der Waals surface area (Å²) in [4.78, 5) is 10.9. The third kappa shape index (κ3) is 3.33. The van der Waals surface area contributed by atoms with Crippen molar-refractivity contribution in [2.75, 3.05) is 0 Å². The van der Waals surface area contributed by atoms with Crippen molar-refractivity contribution in [1.82, 2.24) is 0 Å². The molecule has 0 bridgehead atoms. The van der Waals surface area contributed by atoms with E-state index in [-0.39, 0.29) is 12.4 Å². The Kier molecular flexibility index (Phi) is 4.32. The first-order chi connectivity index (χ1) is 9.58. The predicted octanol–water partition coefficient (Wildman–Crippen LogP) is 2.49. The van der Waals surface area contributed by atoms with Crippen LogP contribution in [-0.4, -0.2) is 11.1 Å². The molecule has 20 heavy (non-hydrogen) atoms. The molecule has 0 unspecified atom stereocenters. The highest BCUT2D eigenvalue weighted by atomic mass is 19.1. The third-order valence-corrected chi connectivity index (χ3v) is 2.80. The molecule has 0 aliphatic carbocycles. The average Bonchev–Trinajstić information content (AvgIpc) is 2.44. The normalized spacial score (nSPS) is 11.9. The lowest BCUT2D eigenvalue weighted by molar-refractivity contribution is -0.138. The highest BCUT2D eigenvalue weighted by molar-refractivity contribution is 5.76. The Balaban J connectivity index is 2.15. The molecule has 5 heteroatoms. The van der Waals surface area contributed by atoms with E-state index < -0.39 is 12.0 Å². The number of aliphatic carboxylic acids is 1. The second kappa shape index (κ2) is 6.16. The van der Waals surface area contributed by atoms with Crippen molar-refractivity contribution in [2.45, 2.75) is 12.6 Å². The second-order valence-electron chi connectivity index (χ2n) is 4.27. The summed E-state index contributed by atoms with van der Waals surface area (Å²) < 4.78 is 18.6. The maximum atomic E-state index is 13.1. The van der Waals surface area contributed by atoms with E-state index in [4.69, 9.17) is 15.6 Å². The largest absolute Gasteiger partial charge is 0.489 e. The molecule has 0 aromatic heterocycles. The number of nitrogens with two attached hydrogens (primary N) is 1. The van der Waals surface area contributed by atoms with Crippen molar-refractivity contribution in [3.8, 4) is 5.75 Å². The van der Waals surface area contributed by atoms with Crippen LogP contribution in [0.5, 0.6) is 5.75 Å². The maximum absolute atomic E-state index is 13.1. The highest BCUT2D eigenvalue weighted by Crippen LogP contribution is 2.24. The van der Waals surface area contributed by atoms with Crippen LogP contribution in [0, 0.1) is 5.82 Å². The molecule has 2 aromatic carbocycles. The highest BCUT2D eigenvalue weighted by Gasteiger charge is 2.18. The molecule has 0 radical (unpaired) electrons. The van der Waals surface area contributed by atoms with Gasteiger partial charge in [-0.3, -0.25) is 4.79 Å². The molecule has 0 saturated carbocycles. The number of para-hydroxylation sites is 1. The molecule has 3 N–H and O–H groups in total. The molecule has 104 valence electrons. The van der Waals surface area contributed by atoms with E-state index in [1.54, 1.807) is 36.4 Å². The van der Waals surface area contributed by atoms with Crippen LogP contribution in [0.25, 0.3) is 0 Å². The number of ether oxygens (including phenoxy) is 1. The van der Waals surface area contributed by atoms with Crippen molar-refractivity contribution < 1.29 is 19.0 Å². The second-order valence-corrected chi connectivity index (χ2v) is 4.27. The molecule has 0 fully saturated rings. The Labute approximate surface area is 115 Å². The van der Waals surface area contributed by atoms with Gasteiger partial charge in [-0.15, -0.1) is 0 Å². The molecule has 0 aliphatic rings. The van der Waals surface area contributed by atoms with Gasteiger partial charge in [0.2, 0.25) is 0 Å². The van der Waals surface area contributed by atoms with Crippen LogP contribution >= 0.6 is 0 Å². The first kappa shape index (κ1) is 14.0. The molecule has 0 heterocycles. The van der Waals surface area contributed by atoms with Gasteiger partial charge >= 0.3 is 5.97 Å². The van der Waals surface area contributed by atoms with E-state index in [0.717, 1.165) is 0 Å². The number of hydrogen-bond donors (Lipinski definition) is 2. The van der Waals surface area contributed by atoms with Crippen molar-refractivity contribution >= 4 is 5.97 Å². The van der Waals surface area contributed by atoms with E-state index in [1.807, 2.05) is 0 Å². The summed E-state index contributed by atoms with van der Waals surface area (Å²) in [5, 5.41) is 8.95. The summed E-state index contributed by atoms with van der Waals surface area (Å²) in [7, 11) is 0. The summed E-state index contributed by atoms with van der Waals surface area (Å²) in [6.07, 6.45) is 0. The van der Waals surface area contributed by atoms with Gasteiger partial charge in [-0.2, -0.15) is 0 Å². The molecular formula is C15H14FNO3. The van der Waals surface area contributed by atoms with Crippen molar-refractivity contribution in [1.29, 1.82) is 0 Å². The van der Waals surface area contributed by atoms with Gasteiger partial charge in [-0.25, -0.2) is 4.39 Å². The molecule has 0 saturated heterocycles. The minimum atomic E-state index is -1.15. The van der Waals surface area contributed by atoms with Gasteiger partial charge in [-0.05, 0) is 23.8 Å². The Morgan fingerprint density at radius 1 is 1.25 bits per heavy atom. The summed E-state index contributed by atoms with van der Waals surface area (Å²) in [6.45, 7) is 0.140. The number of benzene rings is 2. The molecule has 0 amide bonds. The zero-order valence-corrected chi connectivity index (χ0v) is 10.6. The van der Waals surface area contributed by atoms with Gasteiger partial charge < -0.3 is 15.6 Å². The lowest BCUT2D eigenvalue weighted by Gasteiger charge is -2.14. The first-order valence-electron chi connectivity index (χ1n) is 6.02. The lowest BCUT2D eigenvalue weighted by Crippen LogP contribution is -2.21. The van der Waals surface area contributed by atoms with Gasteiger partial charge in [0.25, 0.3) is 0 Å². The monoisotopic (exact) mass is 275 g/mol. The van der Waals surface area contributed by atoms with E-state index in [1.165, 1.54) is 12.1 Å². The molecule has 0 aliphatic heterocycles. The van der Waals surface area contributed by atoms with Crippen molar-refractivity contribution in [2.24, 2.45) is 5.73 Å². The van der Waals surface area contributed by atoms with E-state index >= 15 is 0 Å². The van der Waals surface area contributed by atoms with Crippen LogP contribution in [-0.2, 0) is 11.4 Å². The molecule has 2 aromatic rings. The van der Waals surface area contributed by atoms with Gasteiger partial charge in [0.05, 0.1) is 0 Å². The maximum Gasteiger partial charge on any atom is 0.325 e. The van der Waals surface area contributed by atoms with Gasteiger partial charge in [-0.1, -0.05) is 30.3 Å². The number of halogens is 1. The summed E-state index contributed by atoms with van der Waals surface area (Å²) in [5.74, 6) is -1.10. The zero-order chi connectivity index (χ0) is 14.5. The number of rotatable bonds is 5. The average molecular weight is 275 g/mol.